The molecule has 8 bridgehead atoms. The lowest BCUT2D eigenvalue weighted by Gasteiger charge is -2.34. The van der Waals surface area contributed by atoms with Gasteiger partial charge in [0, 0.05) is 66.3 Å². The number of hydrogen-bond acceptors (Lipinski definition) is 6. The summed E-state index contributed by atoms with van der Waals surface area (Å²) in [4.78, 5) is 19.5. The van der Waals surface area contributed by atoms with Gasteiger partial charge in [-0.15, -0.1) is 0 Å². The average Bonchev–Trinajstić information content (AvgIpc) is 4.34. The van der Waals surface area contributed by atoms with E-state index in [9.17, 15) is 0 Å². The predicted octanol–water partition coefficient (Wildman–Crippen LogP) is 18.7. The third-order valence-corrected chi connectivity index (χ3v) is 16.1. The fourth-order valence-corrected chi connectivity index (χ4v) is 11.1. The second kappa shape index (κ2) is 20.1. The molecular formula is C72H82N4O4. The molecular weight excluding hydrogens is 985 g/mol. The Labute approximate surface area is 475 Å². The van der Waals surface area contributed by atoms with E-state index in [1.54, 1.807) is 0 Å². The fourth-order valence-electron chi connectivity index (χ4n) is 11.1. The largest absolute Gasteiger partial charge is 0.354 e. The zero-order chi connectivity index (χ0) is 56.9. The molecule has 80 heavy (non-hydrogen) atoms. The van der Waals surface area contributed by atoms with E-state index in [0.717, 1.165) is 100 Å². The van der Waals surface area contributed by atoms with Gasteiger partial charge in [0.15, 0.2) is 12.6 Å². The van der Waals surface area contributed by atoms with Gasteiger partial charge in [-0.25, -0.2) is 9.97 Å². The topological polar surface area (TPSA) is 94.3 Å². The van der Waals surface area contributed by atoms with E-state index in [1.165, 1.54) is 22.3 Å². The van der Waals surface area contributed by atoms with E-state index >= 15 is 0 Å². The van der Waals surface area contributed by atoms with Crippen LogP contribution in [0, 0.1) is 10.8 Å². The number of hydrogen-bond donors (Lipinski definition) is 2. The van der Waals surface area contributed by atoms with Crippen LogP contribution in [0.3, 0.4) is 0 Å². The smallest absolute Gasteiger partial charge is 0.183 e. The summed E-state index contributed by atoms with van der Waals surface area (Å²) >= 11 is 0. The van der Waals surface area contributed by atoms with E-state index in [2.05, 4.69) is 254 Å². The first-order chi connectivity index (χ1) is 37.6. The van der Waals surface area contributed by atoms with Crippen molar-refractivity contribution in [2.24, 2.45) is 10.8 Å². The van der Waals surface area contributed by atoms with Crippen LogP contribution in [-0.4, -0.2) is 46.4 Å². The van der Waals surface area contributed by atoms with Crippen LogP contribution in [0.5, 0.6) is 0 Å². The highest BCUT2D eigenvalue weighted by Crippen LogP contribution is 2.44. The zero-order valence-electron chi connectivity index (χ0n) is 50.2. The van der Waals surface area contributed by atoms with Crippen LogP contribution in [0.4, 0.5) is 0 Å². The van der Waals surface area contributed by atoms with Gasteiger partial charge in [-0.1, -0.05) is 196 Å². The van der Waals surface area contributed by atoms with Crippen molar-refractivity contribution in [3.63, 3.8) is 0 Å². The monoisotopic (exact) mass is 1070 g/mol. The number of benzene rings is 4. The summed E-state index contributed by atoms with van der Waals surface area (Å²) in [6.45, 7) is 38.8. The molecule has 4 aliphatic rings. The molecule has 0 spiro atoms. The third kappa shape index (κ3) is 11.2. The highest BCUT2D eigenvalue weighted by atomic mass is 16.7. The van der Waals surface area contributed by atoms with Gasteiger partial charge >= 0.3 is 0 Å². The van der Waals surface area contributed by atoms with E-state index in [-0.39, 0.29) is 32.5 Å². The Morgan fingerprint density at radius 3 is 0.850 bits per heavy atom. The van der Waals surface area contributed by atoms with Gasteiger partial charge in [0.1, 0.15) is 0 Å². The minimum atomic E-state index is -0.432. The first-order valence-electron chi connectivity index (χ1n) is 28.7. The van der Waals surface area contributed by atoms with Gasteiger partial charge < -0.3 is 28.9 Å². The number of nitrogens with one attached hydrogen (secondary N) is 2. The van der Waals surface area contributed by atoms with Crippen LogP contribution in [0.25, 0.3) is 90.9 Å². The summed E-state index contributed by atoms with van der Waals surface area (Å²) in [5, 5.41) is 0. The van der Waals surface area contributed by atoms with Crippen molar-refractivity contribution in [1.29, 1.82) is 0 Å². The van der Waals surface area contributed by atoms with Crippen LogP contribution in [-0.2, 0) is 40.6 Å². The lowest BCUT2D eigenvalue weighted by atomic mass is 9.78. The van der Waals surface area contributed by atoms with Crippen molar-refractivity contribution < 1.29 is 18.9 Å². The minimum absolute atomic E-state index is 0.0375. The molecule has 2 N–H and O–H groups in total. The lowest BCUT2D eigenvalue weighted by Crippen LogP contribution is -2.33. The van der Waals surface area contributed by atoms with Crippen LogP contribution in [0.1, 0.15) is 180 Å². The summed E-state index contributed by atoms with van der Waals surface area (Å²) in [5.41, 5.74) is 22.1. The molecule has 8 heteroatoms. The highest BCUT2D eigenvalue weighted by Gasteiger charge is 2.32. The molecule has 4 aromatic carbocycles. The second-order valence-corrected chi connectivity index (χ2v) is 28.6. The van der Waals surface area contributed by atoms with Crippen molar-refractivity contribution in [3.05, 3.63) is 165 Å². The molecule has 3 aromatic heterocycles. The summed E-state index contributed by atoms with van der Waals surface area (Å²) in [6, 6.07) is 40.4. The number of H-pyrrole nitrogens is 2. The first kappa shape index (κ1) is 55.2. The summed E-state index contributed by atoms with van der Waals surface area (Å²) in [7, 11) is 0. The number of ether oxygens (including phenoxy) is 4. The molecule has 11 rings (SSSR count). The highest BCUT2D eigenvalue weighted by molar-refractivity contribution is 6.00. The molecule has 414 valence electrons. The van der Waals surface area contributed by atoms with Gasteiger partial charge in [0.25, 0.3) is 0 Å². The maximum Gasteiger partial charge on any atom is 0.183 e. The molecule has 0 amide bonds. The molecule has 0 radical (unpaired) electrons. The molecule has 0 atom stereocenters. The van der Waals surface area contributed by atoms with Crippen molar-refractivity contribution in [1.82, 2.24) is 19.9 Å². The van der Waals surface area contributed by atoms with Crippen LogP contribution in [0.15, 0.2) is 109 Å². The minimum Gasteiger partial charge on any atom is -0.354 e. The molecule has 2 saturated heterocycles. The van der Waals surface area contributed by atoms with E-state index < -0.39 is 12.6 Å². The number of aromatic nitrogens is 4. The maximum absolute atomic E-state index is 6.28. The summed E-state index contributed by atoms with van der Waals surface area (Å²) in [5.74, 6) is 0. The molecule has 0 saturated carbocycles. The number of fused-ring (bicyclic) bond motifs is 8. The SMILES string of the molecule is CC1(C)COC(c2ccc(-c3c4nc(c(-c5ccc(C6OCC(C)(C)CO6)cc5)c5ccc([nH]5)c(-c5cc(C(C)(C)C)cc(C(C)(C)C)c5)c5nc(c(-c6cc(C(C)(C)C)cc(C(C)(C)C)c6)c6ccc3[nH]6)C=C5)C=C4)cc2)OC1. The molecule has 0 unspecified atom stereocenters. The molecule has 0 aliphatic carbocycles. The average molecular weight is 1070 g/mol. The molecule has 2 fully saturated rings. The fraction of sp³-hybridized carbons (Fsp3) is 0.389. The number of aromatic amines is 2. The Morgan fingerprint density at radius 2 is 0.600 bits per heavy atom. The maximum atomic E-state index is 6.28. The van der Waals surface area contributed by atoms with Crippen LogP contribution >= 0.6 is 0 Å². The van der Waals surface area contributed by atoms with Crippen molar-refractivity contribution >= 4 is 46.4 Å². The Hall–Kier alpha value is -6.68. The van der Waals surface area contributed by atoms with E-state index in [1.807, 2.05) is 0 Å². The van der Waals surface area contributed by atoms with Gasteiger partial charge in [-0.3, -0.25) is 0 Å². The van der Waals surface area contributed by atoms with Crippen LogP contribution in [0.2, 0.25) is 0 Å². The molecule has 4 aliphatic heterocycles. The quantitative estimate of drug-likeness (QED) is 0.172. The summed E-state index contributed by atoms with van der Waals surface area (Å²) < 4.78 is 25.1. The van der Waals surface area contributed by atoms with Crippen molar-refractivity contribution in [2.45, 2.75) is 145 Å². The van der Waals surface area contributed by atoms with E-state index in [4.69, 9.17) is 28.9 Å². The molecule has 7 aromatic rings. The van der Waals surface area contributed by atoms with Crippen LogP contribution < -0.4 is 0 Å². The van der Waals surface area contributed by atoms with E-state index in [0.29, 0.717) is 26.4 Å². The normalized spacial score (nSPS) is 17.1. The molecule has 7 heterocycles. The second-order valence-electron chi connectivity index (χ2n) is 28.6. The third-order valence-electron chi connectivity index (χ3n) is 16.1. The Morgan fingerprint density at radius 1 is 0.350 bits per heavy atom. The van der Waals surface area contributed by atoms with Gasteiger partial charge in [-0.05, 0) is 115 Å². The van der Waals surface area contributed by atoms with Gasteiger partial charge in [0.2, 0.25) is 0 Å². The van der Waals surface area contributed by atoms with Gasteiger partial charge in [-0.2, -0.15) is 0 Å². The zero-order valence-corrected chi connectivity index (χ0v) is 50.2. The number of rotatable bonds is 6. The first-order valence-corrected chi connectivity index (χ1v) is 28.7. The lowest BCUT2D eigenvalue weighted by molar-refractivity contribution is -0.226. The standard InChI is InChI=1S/C72H82N4O4/c1-67(2,3)49-33-47(34-50(37-49)68(4,5)6)63-57-29-27-55(74-57)61(43-17-21-45(22-18-43)65-77-39-71(13,14)40-78-65)53-25-26-54(73-53)62(44-19-23-46(24-20-44)66-79-41-72(15,16)42-80-66)56-28-30-58(75-56)64(60-32-31-59(63)76-60)48-35-51(69(7,8)9)38-52(36-48)70(10,11)12/h17-38,65-66,74-75H,39-42H2,1-16H3. The molecule has 8 nitrogen and oxygen atoms in total. The number of nitrogens with zero attached hydrogens (tertiary/aromatic N) is 2. The van der Waals surface area contributed by atoms with Gasteiger partial charge in [0.05, 0.1) is 49.2 Å². The Balaban J connectivity index is 1.24. The Kier molecular flexibility index (Phi) is 13.9. The Bertz CT molecular complexity index is 3440. The predicted molar refractivity (Wildman–Crippen MR) is 332 cm³/mol. The summed E-state index contributed by atoms with van der Waals surface area (Å²) in [6.07, 6.45) is 7.90. The van der Waals surface area contributed by atoms with Crippen molar-refractivity contribution in [3.8, 4) is 44.5 Å². The van der Waals surface area contributed by atoms with Crippen molar-refractivity contribution in [2.75, 3.05) is 26.4 Å².